The van der Waals surface area contributed by atoms with Gasteiger partial charge >= 0.3 is 0 Å². The van der Waals surface area contributed by atoms with E-state index < -0.39 is 5.91 Å². The molecule has 1 amide bonds. The fourth-order valence-electron chi connectivity index (χ4n) is 4.50. The summed E-state index contributed by atoms with van der Waals surface area (Å²) in [6, 6.07) is 12.7. The van der Waals surface area contributed by atoms with Gasteiger partial charge in [0, 0.05) is 53.2 Å². The molecule has 2 aromatic carbocycles. The van der Waals surface area contributed by atoms with Gasteiger partial charge in [0.2, 0.25) is 5.91 Å². The molecule has 1 saturated carbocycles. The van der Waals surface area contributed by atoms with Crippen molar-refractivity contribution in [2.45, 2.75) is 65.5 Å². The lowest BCUT2D eigenvalue weighted by Crippen LogP contribution is -2.32. The third-order valence-electron chi connectivity index (χ3n) is 6.80. The number of hydrogen-bond donors (Lipinski definition) is 4. The average molecular weight is 574 g/mol. The molecule has 0 radical (unpaired) electrons. The Hall–Kier alpha value is -3.07. The van der Waals surface area contributed by atoms with Crippen LogP contribution in [0.25, 0.3) is 0 Å². The van der Waals surface area contributed by atoms with Gasteiger partial charge in [-0.05, 0) is 83.1 Å². The molecule has 6 N–H and O–H groups in total. The molecule has 0 aromatic heterocycles. The number of nitrogens with zero attached hydrogens (tertiary/aromatic N) is 1. The number of primary amides is 1. The van der Waals surface area contributed by atoms with Crippen molar-refractivity contribution in [2.24, 2.45) is 11.5 Å². The van der Waals surface area contributed by atoms with Crippen molar-refractivity contribution in [2.75, 3.05) is 39.6 Å². The molecule has 1 aliphatic rings. The van der Waals surface area contributed by atoms with Crippen molar-refractivity contribution in [3.05, 3.63) is 69.4 Å². The number of hydrogen-bond acceptors (Lipinski definition) is 7. The number of aldehydes is 1. The van der Waals surface area contributed by atoms with E-state index in [0.717, 1.165) is 42.4 Å². The van der Waals surface area contributed by atoms with Gasteiger partial charge in [-0.1, -0.05) is 43.0 Å². The topological polar surface area (TPSA) is 123 Å². The number of rotatable bonds is 10. The number of nitrogens with one attached hydrogen (secondary N) is 2. The number of amides is 1. The summed E-state index contributed by atoms with van der Waals surface area (Å²) >= 11 is 5.84. The van der Waals surface area contributed by atoms with Gasteiger partial charge in [0.25, 0.3) is 0 Å². The van der Waals surface area contributed by atoms with Crippen LogP contribution in [-0.4, -0.2) is 57.4 Å². The fraction of sp³-hybridized carbons (Fsp3) is 0.484. The molecule has 0 heterocycles. The Labute approximate surface area is 245 Å². The van der Waals surface area contributed by atoms with E-state index >= 15 is 0 Å². The lowest BCUT2D eigenvalue weighted by molar-refractivity contribution is -0.114. The smallest absolute Gasteiger partial charge is 0.247 e. The van der Waals surface area contributed by atoms with Gasteiger partial charge in [-0.15, -0.1) is 0 Å². The van der Waals surface area contributed by atoms with E-state index in [1.807, 2.05) is 26.0 Å². The van der Waals surface area contributed by atoms with Crippen LogP contribution in [0.1, 0.15) is 67.4 Å². The zero-order valence-corrected chi connectivity index (χ0v) is 25.7. The Kier molecular flexibility index (Phi) is 16.7. The number of likely N-dealkylation sites (N-methyl/N-ethyl adjacent to an activating group) is 1. The first-order valence-electron chi connectivity index (χ1n) is 13.8. The molecular formula is C31H48ClN5O3. The van der Waals surface area contributed by atoms with E-state index in [0.29, 0.717) is 28.4 Å². The predicted octanol–water partition coefficient (Wildman–Crippen LogP) is 5.28. The summed E-state index contributed by atoms with van der Waals surface area (Å²) in [7, 11) is 5.70. The molecule has 9 heteroatoms. The first kappa shape index (κ1) is 35.0. The maximum atomic E-state index is 10.6. The SMILES string of the molecule is CCNc1cc(Cl)cc(C=O)c1C.CNC/C(C(N)=O)=C(\C)N.COc1cccc(CN(C)C2CCCCC2)c1. The van der Waals surface area contributed by atoms with Crippen molar-refractivity contribution in [3.63, 3.8) is 0 Å². The lowest BCUT2D eigenvalue weighted by atomic mass is 9.94. The molecule has 222 valence electrons. The number of ether oxygens (including phenoxy) is 1. The molecule has 0 saturated heterocycles. The number of allylic oxidation sites excluding steroid dienone is 1. The minimum atomic E-state index is -0.464. The molecule has 1 fully saturated rings. The summed E-state index contributed by atoms with van der Waals surface area (Å²) in [5.41, 5.74) is 15.2. The molecule has 0 atom stereocenters. The van der Waals surface area contributed by atoms with Crippen molar-refractivity contribution in [1.29, 1.82) is 0 Å². The van der Waals surface area contributed by atoms with Crippen LogP contribution in [-0.2, 0) is 11.3 Å². The second kappa shape index (κ2) is 19.1. The first-order valence-corrected chi connectivity index (χ1v) is 14.2. The molecule has 3 rings (SSSR count). The summed E-state index contributed by atoms with van der Waals surface area (Å²) in [5, 5.41) is 6.53. The Morgan fingerprint density at radius 1 is 1.18 bits per heavy atom. The minimum absolute atomic E-state index is 0.428. The average Bonchev–Trinajstić information content (AvgIpc) is 2.94. The molecule has 8 nitrogen and oxygen atoms in total. The zero-order valence-electron chi connectivity index (χ0n) is 25.0. The molecule has 0 aliphatic heterocycles. The van der Waals surface area contributed by atoms with Crippen LogP contribution in [0.4, 0.5) is 5.69 Å². The largest absolute Gasteiger partial charge is 0.497 e. The molecule has 0 bridgehead atoms. The third kappa shape index (κ3) is 12.4. The second-order valence-electron chi connectivity index (χ2n) is 9.93. The Balaban J connectivity index is 0.000000313. The molecule has 2 aromatic rings. The third-order valence-corrected chi connectivity index (χ3v) is 7.02. The fourth-order valence-corrected chi connectivity index (χ4v) is 4.73. The number of carbonyl (C=O) groups is 2. The normalized spacial score (nSPS) is 13.7. The van der Waals surface area contributed by atoms with Gasteiger partial charge in [-0.3, -0.25) is 14.5 Å². The van der Waals surface area contributed by atoms with Crippen molar-refractivity contribution in [1.82, 2.24) is 10.2 Å². The molecule has 0 spiro atoms. The second-order valence-corrected chi connectivity index (χ2v) is 10.4. The number of methoxy groups -OCH3 is 1. The van der Waals surface area contributed by atoms with E-state index in [-0.39, 0.29) is 0 Å². The Bertz CT molecular complexity index is 1100. The highest BCUT2D eigenvalue weighted by atomic mass is 35.5. The monoisotopic (exact) mass is 573 g/mol. The van der Waals surface area contributed by atoms with Gasteiger partial charge in [0.15, 0.2) is 0 Å². The van der Waals surface area contributed by atoms with Crippen molar-refractivity contribution < 1.29 is 14.3 Å². The molecule has 40 heavy (non-hydrogen) atoms. The molecule has 1 aliphatic carbocycles. The van der Waals surface area contributed by atoms with Gasteiger partial charge in [0.1, 0.15) is 12.0 Å². The summed E-state index contributed by atoms with van der Waals surface area (Å²) < 4.78 is 5.26. The number of nitrogens with two attached hydrogens (primary N) is 2. The van der Waals surface area contributed by atoms with Crippen molar-refractivity contribution >= 4 is 29.5 Å². The van der Waals surface area contributed by atoms with Crippen LogP contribution < -0.4 is 26.8 Å². The van der Waals surface area contributed by atoms with E-state index in [2.05, 4.69) is 40.8 Å². The summed E-state index contributed by atoms with van der Waals surface area (Å²) in [5.74, 6) is 0.494. The van der Waals surface area contributed by atoms with Crippen LogP contribution in [0.3, 0.4) is 0 Å². The maximum absolute atomic E-state index is 10.6. The highest BCUT2D eigenvalue weighted by molar-refractivity contribution is 6.31. The Morgan fingerprint density at radius 3 is 2.35 bits per heavy atom. The van der Waals surface area contributed by atoms with Gasteiger partial charge in [-0.2, -0.15) is 0 Å². The van der Waals surface area contributed by atoms with Crippen LogP contribution in [0.5, 0.6) is 5.75 Å². The highest BCUT2D eigenvalue weighted by Gasteiger charge is 2.17. The van der Waals surface area contributed by atoms with Crippen molar-refractivity contribution in [3.8, 4) is 5.75 Å². The van der Waals surface area contributed by atoms with E-state index in [4.69, 9.17) is 27.8 Å². The summed E-state index contributed by atoms with van der Waals surface area (Å²) in [4.78, 5) is 23.7. The standard InChI is InChI=1S/C15H23NO.C10H12ClNO.C6H13N3O/c1-16(14-8-4-3-5-9-14)12-13-7-6-10-15(11-13)17-2;1-3-12-10-5-9(11)4-8(6-13)7(10)2;1-4(7)5(3-9-2)6(8)10/h6-7,10-11,14H,3-5,8-9,12H2,1-2H3;4-6,12H,3H2,1-2H3;9H,3,7H2,1-2H3,(H2,8,10)/b;;5-4-. The van der Waals surface area contributed by atoms with Gasteiger partial charge in [-0.25, -0.2) is 0 Å². The van der Waals surface area contributed by atoms with Crippen LogP contribution in [0, 0.1) is 6.92 Å². The summed E-state index contributed by atoms with van der Waals surface area (Å²) in [6.45, 7) is 7.83. The Morgan fingerprint density at radius 2 is 1.85 bits per heavy atom. The van der Waals surface area contributed by atoms with E-state index in [9.17, 15) is 9.59 Å². The van der Waals surface area contributed by atoms with Crippen LogP contribution in [0.15, 0.2) is 47.7 Å². The number of benzene rings is 2. The summed E-state index contributed by atoms with van der Waals surface area (Å²) in [6.07, 6.45) is 7.76. The first-order chi connectivity index (χ1) is 19.1. The molecular weight excluding hydrogens is 526 g/mol. The number of anilines is 1. The van der Waals surface area contributed by atoms with Gasteiger partial charge < -0.3 is 26.8 Å². The predicted molar refractivity (Wildman–Crippen MR) is 167 cm³/mol. The number of halogens is 1. The number of carbonyl (C=O) groups excluding carboxylic acids is 2. The highest BCUT2D eigenvalue weighted by Crippen LogP contribution is 2.24. The van der Waals surface area contributed by atoms with E-state index in [1.54, 1.807) is 27.1 Å². The van der Waals surface area contributed by atoms with E-state index in [1.165, 1.54) is 37.7 Å². The quantitative estimate of drug-likeness (QED) is 0.225. The minimum Gasteiger partial charge on any atom is -0.497 e. The zero-order chi connectivity index (χ0) is 30.1. The lowest BCUT2D eigenvalue weighted by Gasteiger charge is -2.31. The molecule has 0 unspecified atom stereocenters. The van der Waals surface area contributed by atoms with Crippen LogP contribution >= 0.6 is 11.6 Å². The van der Waals surface area contributed by atoms with Gasteiger partial charge in [0.05, 0.1) is 7.11 Å². The van der Waals surface area contributed by atoms with Crippen LogP contribution in [0.2, 0.25) is 5.02 Å². The maximum Gasteiger partial charge on any atom is 0.247 e.